The van der Waals surface area contributed by atoms with E-state index in [2.05, 4.69) is 0 Å². The first-order valence-corrected chi connectivity index (χ1v) is 6.61. The van der Waals surface area contributed by atoms with E-state index in [4.69, 9.17) is 15.8 Å². The van der Waals surface area contributed by atoms with Crippen molar-refractivity contribution in [3.05, 3.63) is 34.9 Å². The Morgan fingerprint density at radius 3 is 2.60 bits per heavy atom. The van der Waals surface area contributed by atoms with Gasteiger partial charge in [-0.05, 0) is 18.1 Å². The van der Waals surface area contributed by atoms with Crippen LogP contribution in [0.3, 0.4) is 0 Å². The second-order valence-electron chi connectivity index (χ2n) is 3.12. The molecule has 0 aliphatic carbocycles. The van der Waals surface area contributed by atoms with Gasteiger partial charge < -0.3 is 0 Å². The molecule has 0 fully saturated rings. The van der Waals surface area contributed by atoms with E-state index in [9.17, 15) is 8.42 Å². The van der Waals surface area contributed by atoms with Crippen LogP contribution < -0.4 is 0 Å². The molecule has 0 aliphatic rings. The average Bonchev–Trinajstić information content (AvgIpc) is 2.18. The minimum Gasteiger partial charge on any atom is -0.270 e. The van der Waals surface area contributed by atoms with Gasteiger partial charge in [0.1, 0.15) is 5.75 Å². The fraction of sp³-hybridized carbons (Fsp3) is 0.400. The number of halogens is 1. The van der Waals surface area contributed by atoms with Gasteiger partial charge in [-0.2, -0.15) is 8.42 Å². The quantitative estimate of drug-likeness (QED) is 0.753. The highest BCUT2D eigenvalue weighted by molar-refractivity contribution is 7.85. The predicted octanol–water partition coefficient (Wildman–Crippen LogP) is 2.60. The third kappa shape index (κ3) is 4.20. The zero-order valence-corrected chi connectivity index (χ0v) is 10.0. The Labute approximate surface area is 95.1 Å². The maximum Gasteiger partial charge on any atom is 0.271 e. The molecule has 3 nitrogen and oxygen atoms in total. The van der Waals surface area contributed by atoms with E-state index in [0.717, 1.165) is 0 Å². The minimum atomic E-state index is -3.50. The fourth-order valence-electron chi connectivity index (χ4n) is 1.06. The molecule has 0 unspecified atom stereocenters. The minimum absolute atomic E-state index is 0.174. The summed E-state index contributed by atoms with van der Waals surface area (Å²) in [5.41, 5.74) is 0.565. The molecule has 84 valence electrons. The molecule has 5 heteroatoms. The van der Waals surface area contributed by atoms with Crippen LogP contribution >= 0.6 is 11.6 Å². The van der Waals surface area contributed by atoms with Crippen molar-refractivity contribution in [2.45, 2.75) is 19.1 Å². The van der Waals surface area contributed by atoms with E-state index >= 15 is 0 Å². The van der Waals surface area contributed by atoms with E-state index in [1.165, 1.54) is 0 Å². The highest BCUT2D eigenvalue weighted by Gasteiger charge is 2.13. The first-order chi connectivity index (χ1) is 7.05. The Bertz CT molecular complexity index is 414. The molecule has 0 atom stereocenters. The molecule has 0 aliphatic heterocycles. The maximum absolute atomic E-state index is 11.4. The number of hydrogen-bond donors (Lipinski definition) is 0. The first kappa shape index (κ1) is 12.5. The molecule has 1 aromatic carbocycles. The van der Waals surface area contributed by atoms with Crippen molar-refractivity contribution in [2.24, 2.45) is 0 Å². The van der Waals surface area contributed by atoms with Crippen LogP contribution in [0.15, 0.2) is 24.3 Å². The molecule has 0 heterocycles. The van der Waals surface area contributed by atoms with Gasteiger partial charge in [0, 0.05) is 5.02 Å². The van der Waals surface area contributed by atoms with Crippen LogP contribution in [0.4, 0.5) is 0 Å². The Morgan fingerprint density at radius 1 is 1.33 bits per heavy atom. The van der Waals surface area contributed by atoms with Crippen molar-refractivity contribution in [1.29, 1.82) is 0 Å². The molecule has 0 bridgehead atoms. The van der Waals surface area contributed by atoms with E-state index < -0.39 is 10.1 Å². The molecule has 0 amide bonds. The van der Waals surface area contributed by atoms with Gasteiger partial charge in [-0.1, -0.05) is 36.7 Å². The van der Waals surface area contributed by atoms with E-state index in [1.54, 1.807) is 24.3 Å². The molecule has 0 N–H and O–H groups in total. The SMILES string of the molecule is CCCOS(=O)(=O)Cc1ccccc1Cl. The summed E-state index contributed by atoms with van der Waals surface area (Å²) < 4.78 is 27.6. The molecule has 0 aromatic heterocycles. The summed E-state index contributed by atoms with van der Waals surface area (Å²) in [5.74, 6) is -0.174. The molecule has 0 spiro atoms. The van der Waals surface area contributed by atoms with Crippen molar-refractivity contribution in [2.75, 3.05) is 6.61 Å². The van der Waals surface area contributed by atoms with Gasteiger partial charge in [-0.15, -0.1) is 0 Å². The fourth-order valence-corrected chi connectivity index (χ4v) is 2.48. The van der Waals surface area contributed by atoms with Crippen molar-refractivity contribution >= 4 is 21.7 Å². The summed E-state index contributed by atoms with van der Waals surface area (Å²) in [6.07, 6.45) is 0.668. The van der Waals surface area contributed by atoms with Crippen LogP contribution in [0, 0.1) is 0 Å². The summed E-state index contributed by atoms with van der Waals surface area (Å²) in [5, 5.41) is 0.446. The second-order valence-corrected chi connectivity index (χ2v) is 5.16. The Balaban J connectivity index is 2.74. The van der Waals surface area contributed by atoms with Crippen LogP contribution in [0.1, 0.15) is 18.9 Å². The lowest BCUT2D eigenvalue weighted by atomic mass is 10.2. The zero-order valence-electron chi connectivity index (χ0n) is 8.44. The molecule has 0 radical (unpaired) electrons. The first-order valence-electron chi connectivity index (χ1n) is 4.65. The lowest BCUT2D eigenvalue weighted by Gasteiger charge is -2.05. The maximum atomic E-state index is 11.4. The van der Waals surface area contributed by atoms with Gasteiger partial charge in [0.15, 0.2) is 0 Å². The molecular weight excluding hydrogens is 236 g/mol. The highest BCUT2D eigenvalue weighted by Crippen LogP contribution is 2.18. The van der Waals surface area contributed by atoms with Crippen molar-refractivity contribution < 1.29 is 12.6 Å². The Kier molecular flexibility index (Phi) is 4.57. The average molecular weight is 249 g/mol. The molecule has 0 saturated carbocycles. The normalized spacial score (nSPS) is 11.6. The van der Waals surface area contributed by atoms with Gasteiger partial charge >= 0.3 is 0 Å². The Morgan fingerprint density at radius 2 is 2.00 bits per heavy atom. The molecule has 15 heavy (non-hydrogen) atoms. The summed E-state index contributed by atoms with van der Waals surface area (Å²) in [6, 6.07) is 6.84. The van der Waals surface area contributed by atoms with Crippen LogP contribution in [-0.2, 0) is 20.1 Å². The second kappa shape index (κ2) is 5.49. The van der Waals surface area contributed by atoms with E-state index in [1.807, 2.05) is 6.92 Å². The van der Waals surface area contributed by atoms with Crippen molar-refractivity contribution in [3.8, 4) is 0 Å². The molecule has 0 saturated heterocycles. The van der Waals surface area contributed by atoms with E-state index in [0.29, 0.717) is 17.0 Å². The van der Waals surface area contributed by atoms with Gasteiger partial charge in [-0.3, -0.25) is 4.18 Å². The lowest BCUT2D eigenvalue weighted by Crippen LogP contribution is -2.09. The van der Waals surface area contributed by atoms with Crippen LogP contribution in [0.25, 0.3) is 0 Å². The molecular formula is C10H13ClO3S. The molecule has 1 rings (SSSR count). The summed E-state index contributed by atoms with van der Waals surface area (Å²) >= 11 is 5.84. The highest BCUT2D eigenvalue weighted by atomic mass is 35.5. The monoisotopic (exact) mass is 248 g/mol. The third-order valence-corrected chi connectivity index (χ3v) is 3.32. The van der Waals surface area contributed by atoms with Gasteiger partial charge in [-0.25, -0.2) is 0 Å². The van der Waals surface area contributed by atoms with Crippen molar-refractivity contribution in [3.63, 3.8) is 0 Å². The van der Waals surface area contributed by atoms with Gasteiger partial charge in [0.05, 0.1) is 6.61 Å². The number of rotatable bonds is 5. The van der Waals surface area contributed by atoms with Gasteiger partial charge in [0.25, 0.3) is 10.1 Å². The largest absolute Gasteiger partial charge is 0.271 e. The summed E-state index contributed by atoms with van der Waals surface area (Å²) in [4.78, 5) is 0. The smallest absolute Gasteiger partial charge is 0.270 e. The number of hydrogen-bond acceptors (Lipinski definition) is 3. The standard InChI is InChI=1S/C10H13ClO3S/c1-2-7-14-15(12,13)8-9-5-3-4-6-10(9)11/h3-6H,2,7-8H2,1H3. The van der Waals surface area contributed by atoms with Crippen LogP contribution in [0.5, 0.6) is 0 Å². The van der Waals surface area contributed by atoms with E-state index in [-0.39, 0.29) is 12.4 Å². The predicted molar refractivity (Wildman–Crippen MR) is 60.3 cm³/mol. The van der Waals surface area contributed by atoms with Crippen molar-refractivity contribution in [1.82, 2.24) is 0 Å². The summed E-state index contributed by atoms with van der Waals surface area (Å²) in [6.45, 7) is 2.07. The topological polar surface area (TPSA) is 43.4 Å². The molecule has 1 aromatic rings. The lowest BCUT2D eigenvalue weighted by molar-refractivity contribution is 0.317. The van der Waals surface area contributed by atoms with Crippen LogP contribution in [-0.4, -0.2) is 15.0 Å². The van der Waals surface area contributed by atoms with Gasteiger partial charge in [0.2, 0.25) is 0 Å². The number of benzene rings is 1. The van der Waals surface area contributed by atoms with Crippen LogP contribution in [0.2, 0.25) is 5.02 Å². The Hall–Kier alpha value is -0.580. The zero-order chi connectivity index (χ0) is 11.3. The summed E-state index contributed by atoms with van der Waals surface area (Å²) in [7, 11) is -3.50. The third-order valence-electron chi connectivity index (χ3n) is 1.76.